The Bertz CT molecular complexity index is 350. The molecule has 0 aromatic carbocycles. The van der Waals surface area contributed by atoms with Crippen LogP contribution in [-0.4, -0.2) is 41.1 Å². The molecule has 1 aliphatic rings. The first-order chi connectivity index (χ1) is 8.40. The highest BCUT2D eigenvalue weighted by molar-refractivity contribution is 5.76. The molecule has 0 aromatic rings. The molecule has 5 nitrogen and oxygen atoms in total. The van der Waals surface area contributed by atoms with Gasteiger partial charge in [-0.1, -0.05) is 25.5 Å². The number of aliphatic carboxylic acids is 1. The number of nitrogens with zero attached hydrogens (tertiary/aromatic N) is 1. The first-order valence-electron chi connectivity index (χ1n) is 6.33. The molecule has 0 bridgehead atoms. The summed E-state index contributed by atoms with van der Waals surface area (Å²) in [6, 6.07) is -0.485. The maximum Gasteiger partial charge on any atom is 0.317 e. The summed E-state index contributed by atoms with van der Waals surface area (Å²) in [6.07, 6.45) is 2.88. The van der Waals surface area contributed by atoms with Gasteiger partial charge >= 0.3 is 12.0 Å². The second-order valence-corrected chi connectivity index (χ2v) is 5.14. The molecule has 0 aromatic heterocycles. The average Bonchev–Trinajstić information content (AvgIpc) is 2.28. The zero-order valence-electron chi connectivity index (χ0n) is 11.3. The van der Waals surface area contributed by atoms with Gasteiger partial charge in [0.05, 0.1) is 6.42 Å². The smallest absolute Gasteiger partial charge is 0.317 e. The number of carboxylic acid groups (broad SMARTS) is 1. The van der Waals surface area contributed by atoms with E-state index in [2.05, 4.69) is 12.2 Å². The van der Waals surface area contributed by atoms with Crippen molar-refractivity contribution in [3.05, 3.63) is 11.6 Å². The van der Waals surface area contributed by atoms with Crippen LogP contribution in [0.2, 0.25) is 0 Å². The van der Waals surface area contributed by atoms with Gasteiger partial charge in [0.25, 0.3) is 0 Å². The zero-order valence-corrected chi connectivity index (χ0v) is 11.3. The number of nitrogens with one attached hydrogen (secondary N) is 1. The Morgan fingerprint density at radius 2 is 2.17 bits per heavy atom. The number of carbonyl (C=O) groups excluding carboxylic acids is 1. The van der Waals surface area contributed by atoms with Crippen molar-refractivity contribution in [1.29, 1.82) is 0 Å². The topological polar surface area (TPSA) is 69.6 Å². The fourth-order valence-electron chi connectivity index (χ4n) is 1.85. The molecule has 1 rings (SSSR count). The molecule has 0 saturated carbocycles. The standard InChI is InChI=1S/C13H22N2O3/c1-9(2)11(8-12(16)17)14-13(18)15-6-4-10(3)5-7-15/h4,9,11H,5-8H2,1-3H3,(H,14,18)(H,16,17). The molecule has 18 heavy (non-hydrogen) atoms. The molecule has 1 aliphatic heterocycles. The Kier molecular flexibility index (Phi) is 5.19. The van der Waals surface area contributed by atoms with Crippen LogP contribution < -0.4 is 5.32 Å². The van der Waals surface area contributed by atoms with E-state index in [4.69, 9.17) is 5.11 Å². The van der Waals surface area contributed by atoms with Gasteiger partial charge in [-0.15, -0.1) is 0 Å². The van der Waals surface area contributed by atoms with Gasteiger partial charge in [-0.3, -0.25) is 4.79 Å². The maximum absolute atomic E-state index is 12.0. The Morgan fingerprint density at radius 3 is 2.61 bits per heavy atom. The second kappa shape index (κ2) is 6.42. The van der Waals surface area contributed by atoms with Crippen LogP contribution in [0, 0.1) is 5.92 Å². The molecular weight excluding hydrogens is 232 g/mol. The molecule has 0 spiro atoms. The van der Waals surface area contributed by atoms with Crippen molar-refractivity contribution >= 4 is 12.0 Å². The molecule has 0 radical (unpaired) electrons. The first kappa shape index (κ1) is 14.5. The van der Waals surface area contributed by atoms with Crippen molar-refractivity contribution in [3.8, 4) is 0 Å². The number of amides is 2. The minimum absolute atomic E-state index is 0.0356. The summed E-state index contributed by atoms with van der Waals surface area (Å²) in [5.74, 6) is -0.782. The average molecular weight is 254 g/mol. The molecule has 1 atom stereocenters. The Balaban J connectivity index is 2.53. The summed E-state index contributed by atoms with van der Waals surface area (Å²) in [5, 5.41) is 11.6. The van der Waals surface area contributed by atoms with Gasteiger partial charge in [-0.05, 0) is 19.3 Å². The molecule has 0 saturated heterocycles. The highest BCUT2D eigenvalue weighted by atomic mass is 16.4. The van der Waals surface area contributed by atoms with Crippen molar-refractivity contribution in [2.75, 3.05) is 13.1 Å². The number of hydrogen-bond acceptors (Lipinski definition) is 2. The Morgan fingerprint density at radius 1 is 1.50 bits per heavy atom. The monoisotopic (exact) mass is 254 g/mol. The van der Waals surface area contributed by atoms with Gasteiger partial charge in [-0.25, -0.2) is 4.79 Å². The van der Waals surface area contributed by atoms with Crippen LogP contribution >= 0.6 is 0 Å². The summed E-state index contributed by atoms with van der Waals surface area (Å²) < 4.78 is 0. The maximum atomic E-state index is 12.0. The van der Waals surface area contributed by atoms with E-state index >= 15 is 0 Å². The predicted molar refractivity (Wildman–Crippen MR) is 69.4 cm³/mol. The fourth-order valence-corrected chi connectivity index (χ4v) is 1.85. The fraction of sp³-hybridized carbons (Fsp3) is 0.692. The summed E-state index contributed by atoms with van der Waals surface area (Å²) in [4.78, 5) is 24.4. The lowest BCUT2D eigenvalue weighted by atomic mass is 10.0. The van der Waals surface area contributed by atoms with Crippen LogP contribution in [0.3, 0.4) is 0 Å². The largest absolute Gasteiger partial charge is 0.481 e. The van der Waals surface area contributed by atoms with E-state index in [1.165, 1.54) is 5.57 Å². The van der Waals surface area contributed by atoms with Gasteiger partial charge < -0.3 is 15.3 Å². The highest BCUT2D eigenvalue weighted by Gasteiger charge is 2.23. The van der Waals surface area contributed by atoms with Gasteiger partial charge in [0.1, 0.15) is 0 Å². The number of rotatable bonds is 4. The number of carbonyl (C=O) groups is 2. The first-order valence-corrected chi connectivity index (χ1v) is 6.33. The van der Waals surface area contributed by atoms with E-state index in [9.17, 15) is 9.59 Å². The van der Waals surface area contributed by atoms with Crippen LogP contribution in [0.4, 0.5) is 4.79 Å². The minimum atomic E-state index is -0.886. The normalized spacial score (nSPS) is 17.3. The number of carboxylic acids is 1. The van der Waals surface area contributed by atoms with Crippen LogP contribution in [0.15, 0.2) is 11.6 Å². The Hall–Kier alpha value is -1.52. The quantitative estimate of drug-likeness (QED) is 0.752. The highest BCUT2D eigenvalue weighted by Crippen LogP contribution is 2.11. The number of hydrogen-bond donors (Lipinski definition) is 2. The summed E-state index contributed by atoms with van der Waals surface area (Å²) in [7, 11) is 0. The lowest BCUT2D eigenvalue weighted by Crippen LogP contribution is -2.48. The summed E-state index contributed by atoms with van der Waals surface area (Å²) >= 11 is 0. The van der Waals surface area contributed by atoms with Crippen LogP contribution in [0.25, 0.3) is 0 Å². The lowest BCUT2D eigenvalue weighted by Gasteiger charge is -2.29. The van der Waals surface area contributed by atoms with Gasteiger partial charge in [-0.2, -0.15) is 0 Å². The van der Waals surface area contributed by atoms with Crippen molar-refractivity contribution in [3.63, 3.8) is 0 Å². The van der Waals surface area contributed by atoms with Crippen LogP contribution in [0.1, 0.15) is 33.6 Å². The van der Waals surface area contributed by atoms with E-state index in [0.717, 1.165) is 6.42 Å². The Labute approximate surface area is 108 Å². The van der Waals surface area contributed by atoms with Crippen molar-refractivity contribution < 1.29 is 14.7 Å². The van der Waals surface area contributed by atoms with Gasteiger partial charge in [0, 0.05) is 19.1 Å². The van der Waals surface area contributed by atoms with Gasteiger partial charge in [0.15, 0.2) is 0 Å². The third kappa shape index (κ3) is 4.39. The minimum Gasteiger partial charge on any atom is -0.481 e. The molecule has 2 N–H and O–H groups in total. The molecule has 2 amide bonds. The van der Waals surface area contributed by atoms with E-state index in [-0.39, 0.29) is 24.4 Å². The van der Waals surface area contributed by atoms with Crippen molar-refractivity contribution in [2.24, 2.45) is 5.92 Å². The molecule has 5 heteroatoms. The predicted octanol–water partition coefficient (Wildman–Crippen LogP) is 1.85. The third-order valence-electron chi connectivity index (χ3n) is 3.23. The lowest BCUT2D eigenvalue weighted by molar-refractivity contribution is -0.137. The van der Waals surface area contributed by atoms with E-state index in [0.29, 0.717) is 13.1 Å². The van der Waals surface area contributed by atoms with Crippen LogP contribution in [-0.2, 0) is 4.79 Å². The second-order valence-electron chi connectivity index (χ2n) is 5.14. The van der Waals surface area contributed by atoms with Gasteiger partial charge in [0.2, 0.25) is 0 Å². The zero-order chi connectivity index (χ0) is 13.7. The van der Waals surface area contributed by atoms with Crippen LogP contribution in [0.5, 0.6) is 0 Å². The summed E-state index contributed by atoms with van der Waals surface area (Å²) in [6.45, 7) is 7.18. The van der Waals surface area contributed by atoms with E-state index < -0.39 is 5.97 Å². The molecule has 0 aliphatic carbocycles. The molecule has 1 heterocycles. The molecule has 0 fully saturated rings. The third-order valence-corrected chi connectivity index (χ3v) is 3.23. The van der Waals surface area contributed by atoms with E-state index in [1.807, 2.05) is 19.9 Å². The molecular formula is C13H22N2O3. The van der Waals surface area contributed by atoms with E-state index in [1.54, 1.807) is 4.90 Å². The SMILES string of the molecule is CC1=CCN(C(=O)NC(CC(=O)O)C(C)C)CC1. The number of urea groups is 1. The van der Waals surface area contributed by atoms with Crippen molar-refractivity contribution in [2.45, 2.75) is 39.7 Å². The van der Waals surface area contributed by atoms with Crippen molar-refractivity contribution in [1.82, 2.24) is 10.2 Å². The summed E-state index contributed by atoms with van der Waals surface area (Å²) in [5.41, 5.74) is 1.30. The molecule has 1 unspecified atom stereocenters. The molecule has 102 valence electrons.